The number of benzene rings is 1. The number of carbonyl (C=O) groups is 1. The van der Waals surface area contributed by atoms with Crippen molar-refractivity contribution in [2.24, 2.45) is 0 Å². The van der Waals surface area contributed by atoms with Crippen LogP contribution in [-0.4, -0.2) is 27.7 Å². The average molecular weight is 376 g/mol. The van der Waals surface area contributed by atoms with Crippen LogP contribution in [0.5, 0.6) is 5.75 Å². The average Bonchev–Trinajstić information content (AvgIpc) is 3.09. The van der Waals surface area contributed by atoms with Crippen molar-refractivity contribution in [2.75, 3.05) is 6.86 Å². The lowest BCUT2D eigenvalue weighted by Crippen LogP contribution is -2.31. The second-order valence-corrected chi connectivity index (χ2v) is 5.61. The zero-order valence-electron chi connectivity index (χ0n) is 14.2. The highest BCUT2D eigenvalue weighted by Crippen LogP contribution is 2.27. The van der Waals surface area contributed by atoms with Gasteiger partial charge in [-0.2, -0.15) is 0 Å². The number of nitrogens with zero attached hydrogens (tertiary/aromatic N) is 2. The van der Waals surface area contributed by atoms with Crippen molar-refractivity contribution >= 4 is 5.91 Å². The lowest BCUT2D eigenvalue weighted by Gasteiger charge is -2.19. The van der Waals surface area contributed by atoms with E-state index in [9.17, 15) is 18.0 Å². The minimum Gasteiger partial charge on any atom is -0.460 e. The van der Waals surface area contributed by atoms with Gasteiger partial charge in [0.1, 0.15) is 11.5 Å². The third-order valence-electron chi connectivity index (χ3n) is 3.76. The number of alkyl halides is 1. The minimum atomic E-state index is -1.19. The third kappa shape index (κ3) is 4.08. The summed E-state index contributed by atoms with van der Waals surface area (Å²) in [5.74, 6) is -2.43. The van der Waals surface area contributed by atoms with Gasteiger partial charge in [-0.05, 0) is 36.8 Å². The Morgan fingerprint density at radius 3 is 2.74 bits per heavy atom. The van der Waals surface area contributed by atoms with Crippen molar-refractivity contribution in [1.29, 1.82) is 0 Å². The molecule has 9 heteroatoms. The van der Waals surface area contributed by atoms with E-state index in [0.29, 0.717) is 5.69 Å². The number of H-pyrrole nitrogens is 1. The molecule has 0 aliphatic heterocycles. The Morgan fingerprint density at radius 1 is 1.30 bits per heavy atom. The molecule has 0 radical (unpaired) electrons. The van der Waals surface area contributed by atoms with Crippen LogP contribution in [0.3, 0.4) is 0 Å². The Balaban J connectivity index is 1.99. The van der Waals surface area contributed by atoms with Crippen molar-refractivity contribution in [3.05, 3.63) is 77.1 Å². The molecule has 3 aromatic rings. The molecule has 2 aromatic heterocycles. The number of pyridine rings is 1. The van der Waals surface area contributed by atoms with Crippen molar-refractivity contribution in [2.45, 2.75) is 13.0 Å². The summed E-state index contributed by atoms with van der Waals surface area (Å²) in [6, 6.07) is 5.08. The standard InChI is InChI=1S/C18H15F3N4O2/c1-10-8-23-17(24-10)18(26)25-15(16-12(20)3-2-6-22-16)11-4-5-14(27-9-19)13(21)7-11/h2-8,15H,9H2,1H3,(H,23,24)(H,25,26)/t15-/m0/s1. The number of imidazole rings is 1. The van der Waals surface area contributed by atoms with Crippen LogP contribution in [0.2, 0.25) is 0 Å². The summed E-state index contributed by atoms with van der Waals surface area (Å²) in [7, 11) is 0. The second-order valence-electron chi connectivity index (χ2n) is 5.61. The van der Waals surface area contributed by atoms with E-state index in [-0.39, 0.29) is 22.8 Å². The molecule has 27 heavy (non-hydrogen) atoms. The maximum atomic E-state index is 14.3. The number of aryl methyl sites for hydroxylation is 1. The molecule has 2 N–H and O–H groups in total. The van der Waals surface area contributed by atoms with Crippen LogP contribution < -0.4 is 10.1 Å². The summed E-state index contributed by atoms with van der Waals surface area (Å²) >= 11 is 0. The molecule has 1 aromatic carbocycles. The minimum absolute atomic E-state index is 0.0201. The van der Waals surface area contributed by atoms with Gasteiger partial charge in [-0.25, -0.2) is 18.2 Å². The molecular weight excluding hydrogens is 361 g/mol. The molecule has 0 aliphatic carbocycles. The maximum Gasteiger partial charge on any atom is 0.287 e. The summed E-state index contributed by atoms with van der Waals surface area (Å²) in [5.41, 5.74) is 0.695. The lowest BCUT2D eigenvalue weighted by atomic mass is 10.0. The molecule has 2 heterocycles. The zero-order valence-corrected chi connectivity index (χ0v) is 14.2. The molecule has 1 amide bonds. The smallest absolute Gasteiger partial charge is 0.287 e. The second kappa shape index (κ2) is 7.90. The van der Waals surface area contributed by atoms with Crippen molar-refractivity contribution in [3.63, 3.8) is 0 Å². The molecule has 1 atom stereocenters. The molecule has 0 spiro atoms. The normalized spacial score (nSPS) is 11.9. The Labute approximate surface area is 152 Å². The molecule has 0 saturated carbocycles. The van der Waals surface area contributed by atoms with Crippen LogP contribution in [0.4, 0.5) is 13.2 Å². The van der Waals surface area contributed by atoms with Crippen LogP contribution in [0.15, 0.2) is 42.7 Å². The highest BCUT2D eigenvalue weighted by molar-refractivity contribution is 5.91. The number of hydrogen-bond donors (Lipinski definition) is 2. The maximum absolute atomic E-state index is 14.3. The monoisotopic (exact) mass is 376 g/mol. The summed E-state index contributed by atoms with van der Waals surface area (Å²) in [6.45, 7) is 0.505. The highest BCUT2D eigenvalue weighted by atomic mass is 19.1. The van der Waals surface area contributed by atoms with E-state index in [1.165, 1.54) is 36.7 Å². The number of ether oxygens (including phenoxy) is 1. The Kier molecular flexibility index (Phi) is 5.39. The summed E-state index contributed by atoms with van der Waals surface area (Å²) in [4.78, 5) is 23.1. The molecule has 3 rings (SSSR count). The number of hydrogen-bond acceptors (Lipinski definition) is 4. The van der Waals surface area contributed by atoms with Gasteiger partial charge in [-0.3, -0.25) is 9.78 Å². The fourth-order valence-electron chi connectivity index (χ4n) is 2.52. The van der Waals surface area contributed by atoms with E-state index in [1.54, 1.807) is 6.92 Å². The van der Waals surface area contributed by atoms with Crippen molar-refractivity contribution in [3.8, 4) is 5.75 Å². The topological polar surface area (TPSA) is 79.9 Å². The van der Waals surface area contributed by atoms with Gasteiger partial charge in [0.05, 0.1) is 11.7 Å². The van der Waals surface area contributed by atoms with Crippen LogP contribution in [0, 0.1) is 18.6 Å². The number of aromatic nitrogens is 3. The van der Waals surface area contributed by atoms with E-state index in [2.05, 4.69) is 25.0 Å². The highest BCUT2D eigenvalue weighted by Gasteiger charge is 2.24. The molecule has 6 nitrogen and oxygen atoms in total. The Bertz CT molecular complexity index is 961. The van der Waals surface area contributed by atoms with E-state index < -0.39 is 30.4 Å². The third-order valence-corrected chi connectivity index (χ3v) is 3.76. The molecule has 0 bridgehead atoms. The van der Waals surface area contributed by atoms with Crippen LogP contribution in [0.25, 0.3) is 0 Å². The van der Waals surface area contributed by atoms with Gasteiger partial charge in [0.15, 0.2) is 17.4 Å². The van der Waals surface area contributed by atoms with E-state index >= 15 is 0 Å². The zero-order chi connectivity index (χ0) is 19.4. The Hall–Kier alpha value is -3.36. The van der Waals surface area contributed by atoms with Gasteiger partial charge in [-0.15, -0.1) is 0 Å². The molecular formula is C18H15F3N4O2. The van der Waals surface area contributed by atoms with Gasteiger partial charge in [0.25, 0.3) is 5.91 Å². The van der Waals surface area contributed by atoms with E-state index in [4.69, 9.17) is 0 Å². The van der Waals surface area contributed by atoms with E-state index in [0.717, 1.165) is 6.07 Å². The first-order chi connectivity index (χ1) is 13.0. The van der Waals surface area contributed by atoms with Crippen LogP contribution >= 0.6 is 0 Å². The van der Waals surface area contributed by atoms with E-state index in [1.807, 2.05) is 0 Å². The number of amides is 1. The summed E-state index contributed by atoms with van der Waals surface area (Å²) in [6.07, 6.45) is 2.89. The predicted molar refractivity (Wildman–Crippen MR) is 89.8 cm³/mol. The van der Waals surface area contributed by atoms with Gasteiger partial charge in [0, 0.05) is 12.4 Å². The first-order valence-electron chi connectivity index (χ1n) is 7.91. The van der Waals surface area contributed by atoms with Gasteiger partial charge in [-0.1, -0.05) is 6.07 Å². The lowest BCUT2D eigenvalue weighted by molar-refractivity contribution is 0.0932. The molecule has 0 fully saturated rings. The number of halogens is 3. The first-order valence-corrected chi connectivity index (χ1v) is 7.91. The predicted octanol–water partition coefficient (Wildman–Crippen LogP) is 3.22. The van der Waals surface area contributed by atoms with Crippen molar-refractivity contribution < 1.29 is 22.7 Å². The molecule has 0 aliphatic rings. The van der Waals surface area contributed by atoms with Gasteiger partial charge >= 0.3 is 0 Å². The number of rotatable bonds is 6. The number of aromatic amines is 1. The fourth-order valence-corrected chi connectivity index (χ4v) is 2.52. The largest absolute Gasteiger partial charge is 0.460 e. The quantitative estimate of drug-likeness (QED) is 0.692. The van der Waals surface area contributed by atoms with Gasteiger partial charge < -0.3 is 15.0 Å². The molecule has 0 saturated heterocycles. The van der Waals surface area contributed by atoms with Crippen LogP contribution in [0.1, 0.15) is 33.6 Å². The molecule has 0 unspecified atom stereocenters. The number of nitrogens with one attached hydrogen (secondary N) is 2. The summed E-state index contributed by atoms with van der Waals surface area (Å²) < 4.78 is 45.2. The van der Waals surface area contributed by atoms with Crippen LogP contribution in [-0.2, 0) is 0 Å². The van der Waals surface area contributed by atoms with Gasteiger partial charge in [0.2, 0.25) is 6.86 Å². The molecule has 140 valence electrons. The Morgan fingerprint density at radius 2 is 2.11 bits per heavy atom. The SMILES string of the molecule is Cc1c[nH]c(C(=O)N[C@@H](c2ccc(OCF)c(F)c2)c2ncccc2F)n1. The van der Waals surface area contributed by atoms with Crippen molar-refractivity contribution in [1.82, 2.24) is 20.3 Å². The fraction of sp³-hybridized carbons (Fsp3) is 0.167. The number of carbonyl (C=O) groups excluding carboxylic acids is 1. The summed E-state index contributed by atoms with van der Waals surface area (Å²) in [5, 5.41) is 2.58. The first kappa shape index (κ1) is 18.4.